The lowest BCUT2D eigenvalue weighted by molar-refractivity contribution is 0.350. The van der Waals surface area contributed by atoms with E-state index in [-0.39, 0.29) is 0 Å². The van der Waals surface area contributed by atoms with Gasteiger partial charge in [0, 0.05) is 6.04 Å². The van der Waals surface area contributed by atoms with Crippen molar-refractivity contribution in [3.05, 3.63) is 35.4 Å². The lowest BCUT2D eigenvalue weighted by atomic mass is 9.89. The number of rotatable bonds is 7. The van der Waals surface area contributed by atoms with E-state index in [4.69, 9.17) is 0 Å². The fourth-order valence-corrected chi connectivity index (χ4v) is 2.89. The van der Waals surface area contributed by atoms with Crippen LogP contribution in [0.5, 0.6) is 0 Å². The van der Waals surface area contributed by atoms with Crippen molar-refractivity contribution in [1.82, 2.24) is 5.32 Å². The Morgan fingerprint density at radius 3 is 2.11 bits per heavy atom. The van der Waals surface area contributed by atoms with Gasteiger partial charge in [-0.3, -0.25) is 0 Å². The van der Waals surface area contributed by atoms with Crippen LogP contribution >= 0.6 is 0 Å². The molecule has 0 spiro atoms. The molecule has 1 aromatic carbocycles. The van der Waals surface area contributed by atoms with Crippen LogP contribution in [-0.2, 0) is 0 Å². The summed E-state index contributed by atoms with van der Waals surface area (Å²) in [5, 5.41) is 3.76. The van der Waals surface area contributed by atoms with Crippen LogP contribution in [0.15, 0.2) is 24.3 Å². The standard InChI is InChI=1S/C18H29N/c1-5-12-19-18(14(4)16-8-9-16)17-10-6-15(7-11-17)13(2)3/h6-7,10-11,13-14,16,18-19H,5,8-9,12H2,1-4H3. The third kappa shape index (κ3) is 3.82. The van der Waals surface area contributed by atoms with Crippen LogP contribution in [0.1, 0.15) is 70.0 Å². The highest BCUT2D eigenvalue weighted by Crippen LogP contribution is 2.42. The first kappa shape index (κ1) is 14.6. The van der Waals surface area contributed by atoms with E-state index >= 15 is 0 Å². The fourth-order valence-electron chi connectivity index (χ4n) is 2.89. The van der Waals surface area contributed by atoms with E-state index in [1.807, 2.05) is 0 Å². The molecule has 1 fully saturated rings. The molecule has 1 aliphatic rings. The summed E-state index contributed by atoms with van der Waals surface area (Å²) in [6.07, 6.45) is 4.06. The smallest absolute Gasteiger partial charge is 0.0348 e. The Balaban J connectivity index is 2.11. The summed E-state index contributed by atoms with van der Waals surface area (Å²) in [7, 11) is 0. The molecule has 1 aliphatic carbocycles. The Morgan fingerprint density at radius 2 is 1.63 bits per heavy atom. The highest BCUT2D eigenvalue weighted by atomic mass is 14.9. The third-order valence-corrected chi connectivity index (χ3v) is 4.47. The first-order chi connectivity index (χ1) is 9.13. The van der Waals surface area contributed by atoms with E-state index in [1.54, 1.807) is 0 Å². The van der Waals surface area contributed by atoms with Crippen LogP contribution in [-0.4, -0.2) is 6.54 Å². The fraction of sp³-hybridized carbons (Fsp3) is 0.667. The summed E-state index contributed by atoms with van der Waals surface area (Å²) in [6, 6.07) is 9.82. The van der Waals surface area contributed by atoms with Crippen LogP contribution in [0.3, 0.4) is 0 Å². The molecule has 0 aromatic heterocycles. The van der Waals surface area contributed by atoms with Crippen molar-refractivity contribution in [2.75, 3.05) is 6.54 Å². The average molecular weight is 259 g/mol. The van der Waals surface area contributed by atoms with E-state index in [0.717, 1.165) is 18.4 Å². The zero-order valence-corrected chi connectivity index (χ0v) is 12.9. The lowest BCUT2D eigenvalue weighted by Gasteiger charge is -2.26. The van der Waals surface area contributed by atoms with Gasteiger partial charge in [0.2, 0.25) is 0 Å². The van der Waals surface area contributed by atoms with Crippen molar-refractivity contribution in [2.45, 2.75) is 58.9 Å². The Labute approximate surface area is 118 Å². The van der Waals surface area contributed by atoms with Crippen LogP contribution in [0, 0.1) is 11.8 Å². The first-order valence-corrected chi connectivity index (χ1v) is 7.96. The van der Waals surface area contributed by atoms with Gasteiger partial charge in [0.15, 0.2) is 0 Å². The molecule has 106 valence electrons. The third-order valence-electron chi connectivity index (χ3n) is 4.47. The molecule has 0 aliphatic heterocycles. The van der Waals surface area contributed by atoms with E-state index in [9.17, 15) is 0 Å². The Kier molecular flexibility index (Phi) is 5.04. The summed E-state index contributed by atoms with van der Waals surface area (Å²) in [4.78, 5) is 0. The second-order valence-corrected chi connectivity index (χ2v) is 6.45. The molecule has 1 N–H and O–H groups in total. The second-order valence-electron chi connectivity index (χ2n) is 6.45. The van der Waals surface area contributed by atoms with E-state index in [1.165, 1.54) is 30.4 Å². The van der Waals surface area contributed by atoms with Crippen molar-refractivity contribution in [3.63, 3.8) is 0 Å². The number of hydrogen-bond acceptors (Lipinski definition) is 1. The summed E-state index contributed by atoms with van der Waals surface area (Å²) >= 11 is 0. The molecular weight excluding hydrogens is 230 g/mol. The largest absolute Gasteiger partial charge is 0.310 e. The van der Waals surface area contributed by atoms with Crippen LogP contribution < -0.4 is 5.32 Å². The van der Waals surface area contributed by atoms with Crippen LogP contribution in [0.2, 0.25) is 0 Å². The SMILES string of the molecule is CCCNC(c1ccc(C(C)C)cc1)C(C)C1CC1. The van der Waals surface area contributed by atoms with Crippen LogP contribution in [0.4, 0.5) is 0 Å². The molecule has 1 nitrogen and oxygen atoms in total. The number of benzene rings is 1. The molecule has 0 amide bonds. The highest BCUT2D eigenvalue weighted by Gasteiger charge is 2.33. The van der Waals surface area contributed by atoms with Gasteiger partial charge in [-0.2, -0.15) is 0 Å². The van der Waals surface area contributed by atoms with Gasteiger partial charge in [0.25, 0.3) is 0 Å². The summed E-state index contributed by atoms with van der Waals surface area (Å²) in [5.41, 5.74) is 2.91. The van der Waals surface area contributed by atoms with Gasteiger partial charge in [-0.15, -0.1) is 0 Å². The molecule has 2 atom stereocenters. The van der Waals surface area contributed by atoms with Crippen LogP contribution in [0.25, 0.3) is 0 Å². The molecule has 2 unspecified atom stereocenters. The lowest BCUT2D eigenvalue weighted by Crippen LogP contribution is -2.28. The quantitative estimate of drug-likeness (QED) is 0.734. The molecule has 2 rings (SSSR count). The summed E-state index contributed by atoms with van der Waals surface area (Å²) < 4.78 is 0. The van der Waals surface area contributed by atoms with Gasteiger partial charge in [-0.1, -0.05) is 52.0 Å². The van der Waals surface area contributed by atoms with Crippen molar-refractivity contribution >= 4 is 0 Å². The maximum atomic E-state index is 3.76. The van der Waals surface area contributed by atoms with Gasteiger partial charge >= 0.3 is 0 Å². The number of nitrogens with one attached hydrogen (secondary N) is 1. The van der Waals surface area contributed by atoms with Gasteiger partial charge in [-0.25, -0.2) is 0 Å². The van der Waals surface area contributed by atoms with E-state index < -0.39 is 0 Å². The van der Waals surface area contributed by atoms with Crippen molar-refractivity contribution in [2.24, 2.45) is 11.8 Å². The molecule has 1 aromatic rings. The predicted molar refractivity (Wildman–Crippen MR) is 83.5 cm³/mol. The first-order valence-electron chi connectivity index (χ1n) is 7.96. The minimum atomic E-state index is 0.536. The number of hydrogen-bond donors (Lipinski definition) is 1. The van der Waals surface area contributed by atoms with Crippen molar-refractivity contribution < 1.29 is 0 Å². The van der Waals surface area contributed by atoms with E-state index in [0.29, 0.717) is 12.0 Å². The summed E-state index contributed by atoms with van der Waals surface area (Å²) in [5.74, 6) is 2.33. The molecular formula is C18H29N. The molecule has 0 heterocycles. The Bertz CT molecular complexity index is 375. The average Bonchev–Trinajstić information content (AvgIpc) is 3.23. The zero-order valence-electron chi connectivity index (χ0n) is 12.9. The zero-order chi connectivity index (χ0) is 13.8. The minimum Gasteiger partial charge on any atom is -0.310 e. The Morgan fingerprint density at radius 1 is 1.05 bits per heavy atom. The molecule has 0 saturated heterocycles. The summed E-state index contributed by atoms with van der Waals surface area (Å²) in [6.45, 7) is 10.3. The monoisotopic (exact) mass is 259 g/mol. The normalized spacial score (nSPS) is 18.6. The molecule has 0 bridgehead atoms. The molecule has 0 radical (unpaired) electrons. The molecule has 1 saturated carbocycles. The van der Waals surface area contributed by atoms with Gasteiger partial charge in [0.05, 0.1) is 0 Å². The molecule has 1 heteroatoms. The van der Waals surface area contributed by atoms with Gasteiger partial charge in [-0.05, 0) is 54.7 Å². The maximum absolute atomic E-state index is 3.76. The highest BCUT2D eigenvalue weighted by molar-refractivity contribution is 5.27. The maximum Gasteiger partial charge on any atom is 0.0348 e. The molecule has 19 heavy (non-hydrogen) atoms. The van der Waals surface area contributed by atoms with Crippen molar-refractivity contribution in [3.8, 4) is 0 Å². The van der Waals surface area contributed by atoms with Crippen molar-refractivity contribution in [1.29, 1.82) is 0 Å². The second kappa shape index (κ2) is 6.56. The minimum absolute atomic E-state index is 0.536. The van der Waals surface area contributed by atoms with Gasteiger partial charge < -0.3 is 5.32 Å². The van der Waals surface area contributed by atoms with Gasteiger partial charge in [0.1, 0.15) is 0 Å². The van der Waals surface area contributed by atoms with E-state index in [2.05, 4.69) is 57.3 Å². The Hall–Kier alpha value is -0.820. The predicted octanol–water partition coefficient (Wildman–Crippen LogP) is 4.90. The topological polar surface area (TPSA) is 12.0 Å².